The zero-order valence-corrected chi connectivity index (χ0v) is 11.3. The third kappa shape index (κ3) is 1.88. The average Bonchev–Trinajstić information content (AvgIpc) is 2.90. The standard InChI is InChI=1S/C16H24N2/c1-2-11-10(6-7-17)8-14(15-9-16(15)18)13-5-3-4-12(11)13/h8,15-16H,2-7,9,17-18H2,1H3. The number of hydrogen-bond acceptors (Lipinski definition) is 2. The van der Waals surface area contributed by atoms with E-state index in [1.165, 1.54) is 31.2 Å². The second-order valence-corrected chi connectivity index (χ2v) is 5.81. The lowest BCUT2D eigenvalue weighted by molar-refractivity contribution is 0.895. The highest BCUT2D eigenvalue weighted by Gasteiger charge is 2.38. The molecule has 18 heavy (non-hydrogen) atoms. The first kappa shape index (κ1) is 12.2. The van der Waals surface area contributed by atoms with E-state index in [0.717, 1.165) is 19.4 Å². The van der Waals surface area contributed by atoms with E-state index in [2.05, 4.69) is 13.0 Å². The van der Waals surface area contributed by atoms with Gasteiger partial charge in [-0.1, -0.05) is 13.0 Å². The predicted octanol–water partition coefficient (Wildman–Crippen LogP) is 2.05. The van der Waals surface area contributed by atoms with Crippen LogP contribution in [0.1, 0.15) is 53.5 Å². The van der Waals surface area contributed by atoms with E-state index >= 15 is 0 Å². The molecule has 0 heterocycles. The highest BCUT2D eigenvalue weighted by Crippen LogP contribution is 2.45. The Bertz CT molecular complexity index is 465. The molecule has 0 radical (unpaired) electrons. The molecule has 4 N–H and O–H groups in total. The summed E-state index contributed by atoms with van der Waals surface area (Å²) >= 11 is 0. The minimum atomic E-state index is 0.410. The van der Waals surface area contributed by atoms with Crippen molar-refractivity contribution >= 4 is 0 Å². The zero-order valence-electron chi connectivity index (χ0n) is 11.3. The van der Waals surface area contributed by atoms with E-state index in [-0.39, 0.29) is 0 Å². The van der Waals surface area contributed by atoms with Gasteiger partial charge in [-0.05, 0) is 72.9 Å². The van der Waals surface area contributed by atoms with Crippen molar-refractivity contribution in [2.45, 2.75) is 57.4 Å². The lowest BCUT2D eigenvalue weighted by Gasteiger charge is -2.17. The van der Waals surface area contributed by atoms with E-state index in [0.29, 0.717) is 12.0 Å². The van der Waals surface area contributed by atoms with Crippen LogP contribution < -0.4 is 11.5 Å². The summed E-state index contributed by atoms with van der Waals surface area (Å²) < 4.78 is 0. The molecule has 1 saturated carbocycles. The first-order valence-corrected chi connectivity index (χ1v) is 7.38. The van der Waals surface area contributed by atoms with E-state index < -0.39 is 0 Å². The van der Waals surface area contributed by atoms with E-state index in [4.69, 9.17) is 11.5 Å². The van der Waals surface area contributed by atoms with Crippen molar-refractivity contribution in [1.82, 2.24) is 0 Å². The largest absolute Gasteiger partial charge is 0.330 e. The van der Waals surface area contributed by atoms with Crippen LogP contribution in [0.3, 0.4) is 0 Å². The molecular formula is C16H24N2. The number of nitrogens with two attached hydrogens (primary N) is 2. The molecule has 2 heteroatoms. The molecule has 98 valence electrons. The molecule has 0 spiro atoms. The summed E-state index contributed by atoms with van der Waals surface area (Å²) in [5.41, 5.74) is 19.8. The Morgan fingerprint density at radius 1 is 1.28 bits per heavy atom. The van der Waals surface area contributed by atoms with Gasteiger partial charge in [0.15, 0.2) is 0 Å². The van der Waals surface area contributed by atoms with Crippen LogP contribution in [0, 0.1) is 0 Å². The van der Waals surface area contributed by atoms with Gasteiger partial charge in [0, 0.05) is 12.0 Å². The molecule has 3 rings (SSSR count). The van der Waals surface area contributed by atoms with Crippen molar-refractivity contribution in [3.63, 3.8) is 0 Å². The lowest BCUT2D eigenvalue weighted by Crippen LogP contribution is -2.10. The predicted molar refractivity (Wildman–Crippen MR) is 75.9 cm³/mol. The maximum atomic E-state index is 6.06. The quantitative estimate of drug-likeness (QED) is 0.851. The molecule has 0 saturated heterocycles. The molecule has 0 bridgehead atoms. The van der Waals surface area contributed by atoms with Gasteiger partial charge in [0.25, 0.3) is 0 Å². The first-order valence-electron chi connectivity index (χ1n) is 7.38. The van der Waals surface area contributed by atoms with Crippen LogP contribution in [0.2, 0.25) is 0 Å². The Labute approximate surface area is 110 Å². The van der Waals surface area contributed by atoms with Crippen molar-refractivity contribution in [3.05, 3.63) is 33.9 Å². The highest BCUT2D eigenvalue weighted by atomic mass is 14.7. The fourth-order valence-electron chi connectivity index (χ4n) is 3.67. The van der Waals surface area contributed by atoms with Crippen LogP contribution in [0.5, 0.6) is 0 Å². The number of fused-ring (bicyclic) bond motifs is 1. The SMILES string of the molecule is CCc1c(CCN)cc(C2CC2N)c2c1CCC2. The Morgan fingerprint density at radius 2 is 2.00 bits per heavy atom. The van der Waals surface area contributed by atoms with Gasteiger partial charge in [-0.25, -0.2) is 0 Å². The van der Waals surface area contributed by atoms with Crippen molar-refractivity contribution in [2.24, 2.45) is 11.5 Å². The molecule has 2 aliphatic rings. The van der Waals surface area contributed by atoms with Gasteiger partial charge < -0.3 is 11.5 Å². The molecule has 1 aromatic carbocycles. The molecule has 1 aromatic rings. The molecule has 0 amide bonds. The van der Waals surface area contributed by atoms with E-state index in [1.54, 1.807) is 22.3 Å². The van der Waals surface area contributed by atoms with Gasteiger partial charge in [0.05, 0.1) is 0 Å². The Kier molecular flexibility index (Phi) is 3.16. The fraction of sp³-hybridized carbons (Fsp3) is 0.625. The topological polar surface area (TPSA) is 52.0 Å². The molecule has 2 aliphatic carbocycles. The fourth-order valence-corrected chi connectivity index (χ4v) is 3.67. The molecule has 2 unspecified atom stereocenters. The Hall–Kier alpha value is -0.860. The van der Waals surface area contributed by atoms with Crippen molar-refractivity contribution < 1.29 is 0 Å². The minimum absolute atomic E-state index is 0.410. The van der Waals surface area contributed by atoms with E-state index in [1.807, 2.05) is 0 Å². The Balaban J connectivity index is 2.10. The monoisotopic (exact) mass is 244 g/mol. The normalized spacial score (nSPS) is 25.3. The molecule has 0 aromatic heterocycles. The summed E-state index contributed by atoms with van der Waals surface area (Å²) in [6.07, 6.45) is 7.21. The lowest BCUT2D eigenvalue weighted by atomic mass is 9.88. The second-order valence-electron chi connectivity index (χ2n) is 5.81. The number of benzene rings is 1. The highest BCUT2D eigenvalue weighted by molar-refractivity contribution is 5.51. The van der Waals surface area contributed by atoms with Crippen molar-refractivity contribution in [3.8, 4) is 0 Å². The van der Waals surface area contributed by atoms with Gasteiger partial charge in [-0.2, -0.15) is 0 Å². The second kappa shape index (κ2) is 4.67. The third-order valence-corrected chi connectivity index (χ3v) is 4.65. The minimum Gasteiger partial charge on any atom is -0.330 e. The molecular weight excluding hydrogens is 220 g/mol. The molecule has 2 atom stereocenters. The van der Waals surface area contributed by atoms with Crippen LogP contribution >= 0.6 is 0 Å². The summed E-state index contributed by atoms with van der Waals surface area (Å²) in [7, 11) is 0. The van der Waals surface area contributed by atoms with Crippen LogP contribution in [-0.4, -0.2) is 12.6 Å². The maximum Gasteiger partial charge on any atom is 0.0115 e. The van der Waals surface area contributed by atoms with Crippen LogP contribution in [0.15, 0.2) is 6.07 Å². The summed E-state index contributed by atoms with van der Waals surface area (Å²) in [4.78, 5) is 0. The third-order valence-electron chi connectivity index (χ3n) is 4.65. The smallest absolute Gasteiger partial charge is 0.0115 e. The number of rotatable bonds is 4. The summed E-state index contributed by atoms with van der Waals surface area (Å²) in [6, 6.07) is 2.85. The van der Waals surface area contributed by atoms with Gasteiger partial charge >= 0.3 is 0 Å². The van der Waals surface area contributed by atoms with Gasteiger partial charge in [0.2, 0.25) is 0 Å². The van der Waals surface area contributed by atoms with Crippen LogP contribution in [0.25, 0.3) is 0 Å². The molecule has 2 nitrogen and oxygen atoms in total. The van der Waals surface area contributed by atoms with Gasteiger partial charge in [-0.15, -0.1) is 0 Å². The first-order chi connectivity index (χ1) is 8.76. The number of hydrogen-bond donors (Lipinski definition) is 2. The summed E-state index contributed by atoms with van der Waals surface area (Å²) in [5, 5.41) is 0. The summed E-state index contributed by atoms with van der Waals surface area (Å²) in [6.45, 7) is 3.03. The molecule has 0 aliphatic heterocycles. The van der Waals surface area contributed by atoms with Gasteiger partial charge in [-0.3, -0.25) is 0 Å². The molecule has 1 fully saturated rings. The maximum absolute atomic E-state index is 6.06. The van der Waals surface area contributed by atoms with Crippen LogP contribution in [0.4, 0.5) is 0 Å². The van der Waals surface area contributed by atoms with Crippen molar-refractivity contribution in [2.75, 3.05) is 6.54 Å². The van der Waals surface area contributed by atoms with Crippen molar-refractivity contribution in [1.29, 1.82) is 0 Å². The van der Waals surface area contributed by atoms with Crippen LogP contribution in [-0.2, 0) is 25.7 Å². The summed E-state index contributed by atoms with van der Waals surface area (Å²) in [5.74, 6) is 0.638. The van der Waals surface area contributed by atoms with E-state index in [9.17, 15) is 0 Å². The zero-order chi connectivity index (χ0) is 12.7. The Morgan fingerprint density at radius 3 is 2.61 bits per heavy atom. The average molecular weight is 244 g/mol. The van der Waals surface area contributed by atoms with Gasteiger partial charge in [0.1, 0.15) is 0 Å².